The van der Waals surface area contributed by atoms with E-state index in [1.807, 2.05) is 6.07 Å². The van der Waals surface area contributed by atoms with Crippen LogP contribution in [0.25, 0.3) is 0 Å². The first-order valence-corrected chi connectivity index (χ1v) is 8.08. The van der Waals surface area contributed by atoms with Gasteiger partial charge in [0.1, 0.15) is 5.82 Å². The number of anilines is 1. The summed E-state index contributed by atoms with van der Waals surface area (Å²) in [5.74, 6) is 0.316. The van der Waals surface area contributed by atoms with Crippen LogP contribution in [-0.4, -0.2) is 18.6 Å². The summed E-state index contributed by atoms with van der Waals surface area (Å²) in [6.07, 6.45) is 3.40. The molecule has 1 aromatic rings. The largest absolute Gasteiger partial charge is 0.365 e. The van der Waals surface area contributed by atoms with Crippen molar-refractivity contribution in [3.8, 4) is 0 Å². The van der Waals surface area contributed by atoms with Crippen molar-refractivity contribution in [2.24, 2.45) is 17.1 Å². The number of hydrogen-bond donors (Lipinski definition) is 1. The molecule has 2 unspecified atom stereocenters. The van der Waals surface area contributed by atoms with Crippen LogP contribution in [0.2, 0.25) is 0 Å². The van der Waals surface area contributed by atoms with Gasteiger partial charge in [0.05, 0.1) is 5.54 Å². The molecule has 0 heterocycles. The molecule has 0 spiro atoms. The minimum atomic E-state index is -0.179. The van der Waals surface area contributed by atoms with E-state index in [0.717, 1.165) is 25.1 Å². The van der Waals surface area contributed by atoms with E-state index < -0.39 is 0 Å². The van der Waals surface area contributed by atoms with Crippen LogP contribution in [0.1, 0.15) is 47.0 Å². The highest BCUT2D eigenvalue weighted by Crippen LogP contribution is 2.47. The van der Waals surface area contributed by atoms with E-state index >= 15 is 0 Å². The summed E-state index contributed by atoms with van der Waals surface area (Å²) < 4.78 is 13.6. The first-order chi connectivity index (χ1) is 9.84. The lowest BCUT2D eigenvalue weighted by Gasteiger charge is -2.54. The zero-order valence-corrected chi connectivity index (χ0v) is 13.8. The van der Waals surface area contributed by atoms with E-state index in [2.05, 4.69) is 32.6 Å². The molecule has 1 aromatic carbocycles. The Hall–Kier alpha value is -1.09. The lowest BCUT2D eigenvalue weighted by Crippen LogP contribution is -2.61. The molecule has 0 amide bonds. The Kier molecular flexibility index (Phi) is 4.62. The summed E-state index contributed by atoms with van der Waals surface area (Å²) in [6.45, 7) is 10.6. The highest BCUT2D eigenvalue weighted by molar-refractivity contribution is 5.50. The van der Waals surface area contributed by atoms with Crippen molar-refractivity contribution < 1.29 is 4.39 Å². The summed E-state index contributed by atoms with van der Waals surface area (Å²) in [5, 5.41) is 0. The van der Waals surface area contributed by atoms with Gasteiger partial charge in [0.15, 0.2) is 0 Å². The van der Waals surface area contributed by atoms with Gasteiger partial charge in [-0.15, -0.1) is 0 Å². The van der Waals surface area contributed by atoms with Crippen molar-refractivity contribution in [1.29, 1.82) is 0 Å². The smallest absolute Gasteiger partial charge is 0.125 e. The van der Waals surface area contributed by atoms with Gasteiger partial charge in [-0.25, -0.2) is 4.39 Å². The molecular formula is C18H29FN2. The molecule has 2 N–H and O–H groups in total. The number of rotatable bonds is 4. The van der Waals surface area contributed by atoms with Crippen molar-refractivity contribution in [3.63, 3.8) is 0 Å². The Bertz CT molecular complexity index is 486. The quantitative estimate of drug-likeness (QED) is 0.901. The van der Waals surface area contributed by atoms with Crippen LogP contribution < -0.4 is 10.6 Å². The van der Waals surface area contributed by atoms with Crippen molar-refractivity contribution in [3.05, 3.63) is 30.1 Å². The summed E-state index contributed by atoms with van der Waals surface area (Å²) >= 11 is 0. The Morgan fingerprint density at radius 3 is 2.57 bits per heavy atom. The lowest BCUT2D eigenvalue weighted by atomic mass is 9.63. The van der Waals surface area contributed by atoms with Gasteiger partial charge in [0, 0.05) is 18.8 Å². The van der Waals surface area contributed by atoms with E-state index in [4.69, 9.17) is 5.73 Å². The second-order valence-electron chi connectivity index (χ2n) is 7.30. The Morgan fingerprint density at radius 1 is 1.33 bits per heavy atom. The van der Waals surface area contributed by atoms with Gasteiger partial charge in [0.2, 0.25) is 0 Å². The SMILES string of the molecule is CCN(c1cccc(F)c1)C1(CN)CCC(C)(C)CC1C. The zero-order valence-electron chi connectivity index (χ0n) is 13.8. The van der Waals surface area contributed by atoms with Crippen molar-refractivity contribution in [1.82, 2.24) is 0 Å². The molecular weight excluding hydrogens is 263 g/mol. The molecule has 3 heteroatoms. The molecule has 0 saturated heterocycles. The maximum absolute atomic E-state index is 13.6. The predicted molar refractivity (Wildman–Crippen MR) is 88.0 cm³/mol. The molecule has 21 heavy (non-hydrogen) atoms. The number of hydrogen-bond acceptors (Lipinski definition) is 2. The van der Waals surface area contributed by atoms with Gasteiger partial charge in [-0.3, -0.25) is 0 Å². The van der Waals surface area contributed by atoms with Gasteiger partial charge in [0.25, 0.3) is 0 Å². The molecule has 1 saturated carbocycles. The number of benzene rings is 1. The number of nitrogens with two attached hydrogens (primary N) is 1. The van der Waals surface area contributed by atoms with E-state index in [1.165, 1.54) is 12.5 Å². The fourth-order valence-electron chi connectivity index (χ4n) is 4.14. The Morgan fingerprint density at radius 2 is 2.05 bits per heavy atom. The second-order valence-corrected chi connectivity index (χ2v) is 7.30. The fourth-order valence-corrected chi connectivity index (χ4v) is 4.14. The Labute approximate surface area is 128 Å². The molecule has 2 atom stereocenters. The zero-order chi connectivity index (χ0) is 15.7. The Balaban J connectivity index is 2.38. The summed E-state index contributed by atoms with van der Waals surface area (Å²) in [7, 11) is 0. The van der Waals surface area contributed by atoms with E-state index in [1.54, 1.807) is 12.1 Å². The van der Waals surface area contributed by atoms with Gasteiger partial charge in [-0.2, -0.15) is 0 Å². The van der Waals surface area contributed by atoms with Gasteiger partial charge in [-0.1, -0.05) is 26.8 Å². The van der Waals surface area contributed by atoms with E-state index in [9.17, 15) is 4.39 Å². The lowest BCUT2D eigenvalue weighted by molar-refractivity contribution is 0.100. The maximum Gasteiger partial charge on any atom is 0.125 e. The van der Waals surface area contributed by atoms with Gasteiger partial charge >= 0.3 is 0 Å². The van der Waals surface area contributed by atoms with E-state index in [-0.39, 0.29) is 11.4 Å². The molecule has 0 bridgehead atoms. The molecule has 118 valence electrons. The number of nitrogens with zero attached hydrogens (tertiary/aromatic N) is 1. The maximum atomic E-state index is 13.6. The predicted octanol–water partition coefficient (Wildman–Crippen LogP) is 4.20. The average Bonchev–Trinajstić information content (AvgIpc) is 2.42. The van der Waals surface area contributed by atoms with Crippen LogP contribution in [0, 0.1) is 17.2 Å². The summed E-state index contributed by atoms with van der Waals surface area (Å²) in [4.78, 5) is 2.33. The van der Waals surface area contributed by atoms with Crippen LogP contribution in [-0.2, 0) is 0 Å². The summed E-state index contributed by atoms with van der Waals surface area (Å²) in [6, 6.07) is 6.92. The normalized spacial score (nSPS) is 28.4. The molecule has 2 rings (SSSR count). The standard InChI is InChI=1S/C18H29FN2/c1-5-21(16-8-6-7-15(19)11-16)18(13-20)10-9-17(3,4)12-14(18)2/h6-8,11,14H,5,9-10,12-13,20H2,1-4H3. The first kappa shape index (κ1) is 16.3. The molecule has 0 aromatic heterocycles. The molecule has 1 aliphatic carbocycles. The van der Waals surface area contributed by atoms with E-state index in [0.29, 0.717) is 17.9 Å². The average molecular weight is 292 g/mol. The van der Waals surface area contributed by atoms with Crippen LogP contribution in [0.5, 0.6) is 0 Å². The topological polar surface area (TPSA) is 29.3 Å². The number of likely N-dealkylation sites (N-methyl/N-ethyl adjacent to an activating group) is 1. The third kappa shape index (κ3) is 3.08. The second kappa shape index (κ2) is 5.96. The summed E-state index contributed by atoms with van der Waals surface area (Å²) in [5.41, 5.74) is 7.50. The third-order valence-electron chi connectivity index (χ3n) is 5.34. The van der Waals surface area contributed by atoms with Crippen LogP contribution in [0.3, 0.4) is 0 Å². The molecule has 0 aliphatic heterocycles. The van der Waals surface area contributed by atoms with Crippen molar-refractivity contribution >= 4 is 5.69 Å². The highest BCUT2D eigenvalue weighted by atomic mass is 19.1. The number of halogens is 1. The minimum absolute atomic E-state index is 0.0575. The van der Waals surface area contributed by atoms with Gasteiger partial charge < -0.3 is 10.6 Å². The highest BCUT2D eigenvalue weighted by Gasteiger charge is 2.46. The van der Waals surface area contributed by atoms with Crippen molar-refractivity contribution in [2.75, 3.05) is 18.0 Å². The molecule has 0 radical (unpaired) electrons. The third-order valence-corrected chi connectivity index (χ3v) is 5.34. The first-order valence-electron chi connectivity index (χ1n) is 8.08. The monoisotopic (exact) mass is 292 g/mol. The van der Waals surface area contributed by atoms with Crippen LogP contribution in [0.4, 0.5) is 10.1 Å². The van der Waals surface area contributed by atoms with Crippen molar-refractivity contribution in [2.45, 2.75) is 52.5 Å². The minimum Gasteiger partial charge on any atom is -0.365 e. The van der Waals surface area contributed by atoms with Crippen LogP contribution >= 0.6 is 0 Å². The molecule has 2 nitrogen and oxygen atoms in total. The van der Waals surface area contributed by atoms with Gasteiger partial charge in [-0.05, 0) is 55.7 Å². The van der Waals surface area contributed by atoms with Crippen LogP contribution in [0.15, 0.2) is 24.3 Å². The molecule has 1 fully saturated rings. The fraction of sp³-hybridized carbons (Fsp3) is 0.667. The molecule has 1 aliphatic rings.